The van der Waals surface area contributed by atoms with Crippen LogP contribution in [0.25, 0.3) is 0 Å². The maximum atomic E-state index is 11.1. The SMILES string of the molecule is Cc1cc(Br)cc(S(=O)(=O)Cl)c1.Cc1cc(Br)cc(S(C)(=O)=O)c1. The molecular weight excluding hydrogens is 504 g/mol. The summed E-state index contributed by atoms with van der Waals surface area (Å²) in [5, 5.41) is 0. The van der Waals surface area contributed by atoms with Crippen LogP contribution >= 0.6 is 42.5 Å². The third-order valence-corrected chi connectivity index (χ3v) is 6.08. The first-order valence-electron chi connectivity index (χ1n) is 6.48. The molecule has 2 aromatic rings. The molecule has 0 saturated heterocycles. The highest BCUT2D eigenvalue weighted by molar-refractivity contribution is 9.10. The van der Waals surface area contributed by atoms with E-state index in [4.69, 9.17) is 10.7 Å². The first-order chi connectivity index (χ1) is 10.8. The molecule has 0 unspecified atom stereocenters. The number of aryl methyl sites for hydroxylation is 2. The van der Waals surface area contributed by atoms with Crippen molar-refractivity contribution in [3.63, 3.8) is 0 Å². The van der Waals surface area contributed by atoms with Crippen molar-refractivity contribution in [2.75, 3.05) is 6.26 Å². The summed E-state index contributed by atoms with van der Waals surface area (Å²) >= 11 is 6.42. The second-order valence-electron chi connectivity index (χ2n) is 5.14. The van der Waals surface area contributed by atoms with E-state index in [1.165, 1.54) is 18.4 Å². The monoisotopic (exact) mass is 516 g/mol. The fraction of sp³-hybridized carbons (Fsp3) is 0.200. The Labute approximate surface area is 163 Å². The van der Waals surface area contributed by atoms with Gasteiger partial charge in [0.05, 0.1) is 9.79 Å². The standard InChI is InChI=1S/C8H9BrO2S.C7H6BrClO2S/c1-6-3-7(9)5-8(4-6)12(2,10)11;1-5-2-6(8)4-7(3-5)12(9,10)11/h3-5H,1-2H3;2-4H,1H3. The summed E-state index contributed by atoms with van der Waals surface area (Å²) in [6.45, 7) is 3.66. The second kappa shape index (κ2) is 8.31. The zero-order chi connectivity index (χ0) is 18.7. The van der Waals surface area contributed by atoms with Crippen LogP contribution in [0.1, 0.15) is 11.1 Å². The Morgan fingerprint density at radius 2 is 1.12 bits per heavy atom. The summed E-state index contributed by atoms with van der Waals surface area (Å²) in [5.41, 5.74) is 1.79. The third-order valence-electron chi connectivity index (χ3n) is 2.74. The molecule has 4 nitrogen and oxygen atoms in total. The van der Waals surface area contributed by atoms with Crippen molar-refractivity contribution in [2.45, 2.75) is 23.6 Å². The molecule has 0 N–H and O–H groups in total. The Bertz CT molecular complexity index is 835. The van der Waals surface area contributed by atoms with Crippen molar-refractivity contribution in [3.05, 3.63) is 56.5 Å². The van der Waals surface area contributed by atoms with Gasteiger partial charge in [0, 0.05) is 25.9 Å². The van der Waals surface area contributed by atoms with Crippen LogP contribution in [0.2, 0.25) is 0 Å². The first kappa shape index (κ1) is 21.6. The highest BCUT2D eigenvalue weighted by Gasteiger charge is 2.10. The minimum absolute atomic E-state index is 0.121. The molecule has 2 aromatic carbocycles. The van der Waals surface area contributed by atoms with E-state index >= 15 is 0 Å². The van der Waals surface area contributed by atoms with E-state index in [2.05, 4.69) is 31.9 Å². The van der Waals surface area contributed by atoms with E-state index in [-0.39, 0.29) is 4.90 Å². The largest absolute Gasteiger partial charge is 0.261 e. The number of benzene rings is 2. The maximum Gasteiger partial charge on any atom is 0.261 e. The van der Waals surface area contributed by atoms with Gasteiger partial charge in [-0.05, 0) is 61.4 Å². The van der Waals surface area contributed by atoms with Gasteiger partial charge >= 0.3 is 0 Å². The van der Waals surface area contributed by atoms with Gasteiger partial charge in [-0.15, -0.1) is 0 Å². The normalized spacial score (nSPS) is 11.6. The van der Waals surface area contributed by atoms with E-state index in [1.54, 1.807) is 19.1 Å². The zero-order valence-corrected chi connectivity index (χ0v) is 18.6. The number of rotatable bonds is 2. The lowest BCUT2D eigenvalue weighted by Gasteiger charge is -2.00. The average Bonchev–Trinajstić information content (AvgIpc) is 2.35. The highest BCUT2D eigenvalue weighted by atomic mass is 79.9. The van der Waals surface area contributed by atoms with Gasteiger partial charge < -0.3 is 0 Å². The van der Waals surface area contributed by atoms with Crippen molar-refractivity contribution in [3.8, 4) is 0 Å². The minimum atomic E-state index is -3.61. The van der Waals surface area contributed by atoms with Gasteiger partial charge in [0.15, 0.2) is 9.84 Å². The van der Waals surface area contributed by atoms with Crippen molar-refractivity contribution in [1.82, 2.24) is 0 Å². The zero-order valence-electron chi connectivity index (χ0n) is 13.0. The third kappa shape index (κ3) is 7.23. The molecule has 0 aliphatic carbocycles. The second-order valence-corrected chi connectivity index (χ2v) is 11.6. The van der Waals surface area contributed by atoms with Gasteiger partial charge in [0.25, 0.3) is 9.05 Å². The number of halogens is 3. The first-order valence-corrected chi connectivity index (χ1v) is 12.3. The van der Waals surface area contributed by atoms with Crippen molar-refractivity contribution >= 4 is 61.4 Å². The molecule has 0 spiro atoms. The van der Waals surface area contributed by atoms with E-state index in [9.17, 15) is 16.8 Å². The molecule has 0 fully saturated rings. The van der Waals surface area contributed by atoms with Gasteiger partial charge in [0.2, 0.25) is 0 Å². The van der Waals surface area contributed by atoms with Crippen LogP contribution in [0.5, 0.6) is 0 Å². The lowest BCUT2D eigenvalue weighted by atomic mass is 10.2. The molecule has 2 rings (SSSR count). The molecule has 0 amide bonds. The van der Waals surface area contributed by atoms with Crippen molar-refractivity contribution in [1.29, 1.82) is 0 Å². The molecule has 0 aliphatic rings. The van der Waals surface area contributed by atoms with Gasteiger partial charge in [-0.2, -0.15) is 0 Å². The summed E-state index contributed by atoms with van der Waals surface area (Å²) in [4.78, 5) is 0.477. The van der Waals surface area contributed by atoms with Crippen LogP contribution in [0.4, 0.5) is 0 Å². The van der Waals surface area contributed by atoms with E-state index in [0.717, 1.165) is 15.6 Å². The Morgan fingerprint density at radius 3 is 1.46 bits per heavy atom. The van der Waals surface area contributed by atoms with Gasteiger partial charge in [0.1, 0.15) is 0 Å². The van der Waals surface area contributed by atoms with Crippen LogP contribution in [0, 0.1) is 13.8 Å². The topological polar surface area (TPSA) is 68.3 Å². The molecule has 9 heteroatoms. The molecule has 0 saturated carbocycles. The predicted molar refractivity (Wildman–Crippen MR) is 104 cm³/mol. The van der Waals surface area contributed by atoms with Gasteiger partial charge in [-0.25, -0.2) is 16.8 Å². The summed E-state index contributed by atoms with van der Waals surface area (Å²) in [5.74, 6) is 0. The Balaban J connectivity index is 0.000000240. The Hall–Kier alpha value is -0.410. The summed E-state index contributed by atoms with van der Waals surface area (Å²) in [6, 6.07) is 9.92. The van der Waals surface area contributed by atoms with Crippen LogP contribution in [0.15, 0.2) is 55.1 Å². The Kier molecular flexibility index (Phi) is 7.49. The van der Waals surface area contributed by atoms with Crippen molar-refractivity contribution in [2.24, 2.45) is 0 Å². The maximum absolute atomic E-state index is 11.1. The van der Waals surface area contributed by atoms with Crippen LogP contribution in [-0.2, 0) is 18.9 Å². The summed E-state index contributed by atoms with van der Waals surface area (Å²) < 4.78 is 45.5. The molecule has 0 aromatic heterocycles. The average molecular weight is 519 g/mol. The molecule has 24 heavy (non-hydrogen) atoms. The lowest BCUT2D eigenvalue weighted by molar-refractivity contribution is 0.601. The quantitative estimate of drug-likeness (QED) is 0.534. The smallest absolute Gasteiger partial charge is 0.224 e. The fourth-order valence-electron chi connectivity index (χ4n) is 1.76. The molecule has 0 radical (unpaired) electrons. The van der Waals surface area contributed by atoms with E-state index < -0.39 is 18.9 Å². The van der Waals surface area contributed by atoms with E-state index in [0.29, 0.717) is 9.37 Å². The summed E-state index contributed by atoms with van der Waals surface area (Å²) in [6.07, 6.45) is 1.20. The highest BCUT2D eigenvalue weighted by Crippen LogP contribution is 2.21. The van der Waals surface area contributed by atoms with Crippen LogP contribution < -0.4 is 0 Å². The molecular formula is C15H15Br2ClO4S2. The molecule has 0 heterocycles. The fourth-order valence-corrected chi connectivity index (χ4v) is 4.88. The number of hydrogen-bond donors (Lipinski definition) is 0. The van der Waals surface area contributed by atoms with Crippen LogP contribution in [-0.4, -0.2) is 23.1 Å². The van der Waals surface area contributed by atoms with E-state index in [1.807, 2.05) is 19.1 Å². The van der Waals surface area contributed by atoms with Gasteiger partial charge in [-0.1, -0.05) is 31.9 Å². The molecule has 0 aliphatic heterocycles. The van der Waals surface area contributed by atoms with Gasteiger partial charge in [-0.3, -0.25) is 0 Å². The minimum Gasteiger partial charge on any atom is -0.224 e. The molecule has 0 bridgehead atoms. The lowest BCUT2D eigenvalue weighted by Crippen LogP contribution is -1.97. The van der Waals surface area contributed by atoms with Crippen LogP contribution in [0.3, 0.4) is 0 Å². The van der Waals surface area contributed by atoms with Crippen molar-refractivity contribution < 1.29 is 16.8 Å². The predicted octanol–water partition coefficient (Wildman–Crippen LogP) is 4.85. The molecule has 132 valence electrons. The molecule has 0 atom stereocenters. The number of sulfone groups is 1. The summed E-state index contributed by atoms with van der Waals surface area (Å²) in [7, 11) is -1.53. The number of hydrogen-bond acceptors (Lipinski definition) is 4. The Morgan fingerprint density at radius 1 is 0.750 bits per heavy atom.